The van der Waals surface area contributed by atoms with Crippen molar-refractivity contribution < 1.29 is 8.42 Å². The smallest absolute Gasteiger partial charge is 0.243 e. The number of nitrogens with zero attached hydrogens (tertiary/aromatic N) is 4. The van der Waals surface area contributed by atoms with Crippen LogP contribution in [0.4, 0.5) is 0 Å². The maximum atomic E-state index is 12.7. The molecule has 1 aromatic heterocycles. The molecule has 0 aliphatic carbocycles. The third-order valence-electron chi connectivity index (χ3n) is 3.81. The molecule has 2 aromatic rings. The van der Waals surface area contributed by atoms with Crippen LogP contribution in [0.5, 0.6) is 0 Å². The van der Waals surface area contributed by atoms with E-state index in [9.17, 15) is 8.42 Å². The minimum Gasteiger partial charge on any atom is -0.319 e. The van der Waals surface area contributed by atoms with E-state index in [4.69, 9.17) is 5.26 Å². The monoisotopic (exact) mass is 366 g/mol. The lowest BCUT2D eigenvalue weighted by atomic mass is 10.3. The zero-order valence-electron chi connectivity index (χ0n) is 14.4. The van der Waals surface area contributed by atoms with Gasteiger partial charge in [-0.05, 0) is 32.0 Å². The van der Waals surface area contributed by atoms with Crippen LogP contribution < -0.4 is 0 Å². The van der Waals surface area contributed by atoms with Crippen molar-refractivity contribution in [3.8, 4) is 6.07 Å². The van der Waals surface area contributed by atoms with E-state index in [2.05, 4.69) is 11.1 Å². The summed E-state index contributed by atoms with van der Waals surface area (Å²) in [6.07, 6.45) is 0. The fraction of sp³-hybridized carbons (Fsp3) is 0.500. The highest BCUT2D eigenvalue weighted by Gasteiger charge is 2.23. The molecule has 0 spiro atoms. The molecule has 1 heterocycles. The summed E-state index contributed by atoms with van der Waals surface area (Å²) >= 11 is 1.38. The SMILES string of the molecule is CCN(CC)S(=O)(=O)c1ccc2c(c1)nc(S[C@H](C)C#N)n2CC. The summed E-state index contributed by atoms with van der Waals surface area (Å²) in [4.78, 5) is 4.80. The Morgan fingerprint density at radius 3 is 2.54 bits per heavy atom. The van der Waals surface area contributed by atoms with E-state index in [1.165, 1.54) is 16.1 Å². The minimum atomic E-state index is -3.51. The van der Waals surface area contributed by atoms with E-state index in [1.54, 1.807) is 18.2 Å². The van der Waals surface area contributed by atoms with Gasteiger partial charge in [-0.1, -0.05) is 25.6 Å². The van der Waals surface area contributed by atoms with Crippen molar-refractivity contribution in [2.75, 3.05) is 13.1 Å². The number of nitriles is 1. The Morgan fingerprint density at radius 2 is 2.00 bits per heavy atom. The molecule has 8 heteroatoms. The van der Waals surface area contributed by atoms with Crippen LogP contribution in [0.15, 0.2) is 28.3 Å². The maximum Gasteiger partial charge on any atom is 0.243 e. The van der Waals surface area contributed by atoms with Gasteiger partial charge in [-0.25, -0.2) is 13.4 Å². The first kappa shape index (κ1) is 18.8. The Hall–Kier alpha value is -1.56. The molecule has 0 fully saturated rings. The molecule has 0 unspecified atom stereocenters. The van der Waals surface area contributed by atoms with E-state index < -0.39 is 10.0 Å². The van der Waals surface area contributed by atoms with Crippen LogP contribution in [-0.2, 0) is 16.6 Å². The third-order valence-corrected chi connectivity index (χ3v) is 6.84. The standard InChI is InChI=1S/C16H22N4O2S2/c1-5-19(6-2)24(21,22)13-8-9-15-14(10-13)18-16(20(15)7-3)23-12(4)11-17/h8-10,12H,5-7H2,1-4H3/t12-/m1/s1. The van der Waals surface area contributed by atoms with Crippen LogP contribution in [0.25, 0.3) is 11.0 Å². The van der Waals surface area contributed by atoms with Gasteiger partial charge in [-0.2, -0.15) is 9.57 Å². The van der Waals surface area contributed by atoms with Crippen molar-refractivity contribution in [3.05, 3.63) is 18.2 Å². The highest BCUT2D eigenvalue weighted by Crippen LogP contribution is 2.29. The van der Waals surface area contributed by atoms with Crippen molar-refractivity contribution in [2.24, 2.45) is 0 Å². The molecule has 0 amide bonds. The summed E-state index contributed by atoms with van der Waals surface area (Å²) in [5, 5.41) is 9.53. The van der Waals surface area contributed by atoms with Crippen LogP contribution in [-0.4, -0.2) is 40.6 Å². The molecule has 0 saturated carbocycles. The van der Waals surface area contributed by atoms with Crippen molar-refractivity contribution in [1.29, 1.82) is 5.26 Å². The average Bonchev–Trinajstić information content (AvgIpc) is 2.91. The molecule has 130 valence electrons. The zero-order chi connectivity index (χ0) is 17.9. The lowest BCUT2D eigenvalue weighted by Gasteiger charge is -2.18. The van der Waals surface area contributed by atoms with Gasteiger partial charge < -0.3 is 4.57 Å². The molecule has 1 aromatic carbocycles. The van der Waals surface area contributed by atoms with Crippen LogP contribution >= 0.6 is 11.8 Å². The van der Waals surface area contributed by atoms with Crippen LogP contribution in [0.2, 0.25) is 0 Å². The van der Waals surface area contributed by atoms with Crippen molar-refractivity contribution in [1.82, 2.24) is 13.9 Å². The Morgan fingerprint density at radius 1 is 1.33 bits per heavy atom. The first-order valence-electron chi connectivity index (χ1n) is 7.95. The van der Waals surface area contributed by atoms with E-state index in [1.807, 2.05) is 32.3 Å². The van der Waals surface area contributed by atoms with E-state index in [-0.39, 0.29) is 10.1 Å². The Bertz CT molecular complexity index is 864. The van der Waals surface area contributed by atoms with Crippen LogP contribution in [0.3, 0.4) is 0 Å². The average molecular weight is 367 g/mol. The number of imidazole rings is 1. The predicted molar refractivity (Wildman–Crippen MR) is 96.4 cm³/mol. The maximum absolute atomic E-state index is 12.7. The van der Waals surface area contributed by atoms with Gasteiger partial charge in [0, 0.05) is 19.6 Å². The second-order valence-corrected chi connectivity index (χ2v) is 8.51. The molecule has 24 heavy (non-hydrogen) atoms. The largest absolute Gasteiger partial charge is 0.319 e. The van der Waals surface area contributed by atoms with Crippen LogP contribution in [0.1, 0.15) is 27.7 Å². The summed E-state index contributed by atoms with van der Waals surface area (Å²) in [6.45, 7) is 9.04. The molecule has 0 saturated heterocycles. The summed E-state index contributed by atoms with van der Waals surface area (Å²) in [7, 11) is -3.51. The number of aryl methyl sites for hydroxylation is 1. The second kappa shape index (κ2) is 7.55. The Labute approximate surface area is 147 Å². The third kappa shape index (κ3) is 3.43. The number of sulfonamides is 1. The molecule has 0 bridgehead atoms. The number of benzene rings is 1. The topological polar surface area (TPSA) is 79.0 Å². The van der Waals surface area contributed by atoms with E-state index in [0.29, 0.717) is 25.2 Å². The summed E-state index contributed by atoms with van der Waals surface area (Å²) < 4.78 is 28.8. The number of hydrogen-bond acceptors (Lipinski definition) is 5. The lowest BCUT2D eigenvalue weighted by Crippen LogP contribution is -2.30. The zero-order valence-corrected chi connectivity index (χ0v) is 16.0. The lowest BCUT2D eigenvalue weighted by molar-refractivity contribution is 0.445. The molecular formula is C16H22N4O2S2. The molecule has 2 rings (SSSR count). The molecule has 0 aliphatic rings. The number of fused-ring (bicyclic) bond motifs is 1. The highest BCUT2D eigenvalue weighted by atomic mass is 32.2. The fourth-order valence-electron chi connectivity index (χ4n) is 2.54. The van der Waals surface area contributed by atoms with Crippen molar-refractivity contribution >= 4 is 32.8 Å². The van der Waals surface area contributed by atoms with Gasteiger partial charge in [0.25, 0.3) is 0 Å². The molecular weight excluding hydrogens is 344 g/mol. The molecule has 1 atom stereocenters. The Balaban J connectivity index is 2.54. The first-order valence-corrected chi connectivity index (χ1v) is 10.3. The van der Waals surface area contributed by atoms with Gasteiger partial charge >= 0.3 is 0 Å². The van der Waals surface area contributed by atoms with Gasteiger partial charge in [0.15, 0.2) is 5.16 Å². The highest BCUT2D eigenvalue weighted by molar-refractivity contribution is 8.00. The molecule has 0 radical (unpaired) electrons. The van der Waals surface area contributed by atoms with Crippen molar-refractivity contribution in [3.63, 3.8) is 0 Å². The van der Waals surface area contributed by atoms with Gasteiger partial charge in [-0.15, -0.1) is 0 Å². The minimum absolute atomic E-state index is 0.217. The van der Waals surface area contributed by atoms with E-state index in [0.717, 1.165) is 10.7 Å². The van der Waals surface area contributed by atoms with Gasteiger partial charge in [0.2, 0.25) is 10.0 Å². The fourth-order valence-corrected chi connectivity index (χ4v) is 4.89. The predicted octanol–water partition coefficient (Wildman–Crippen LogP) is 3.09. The first-order chi connectivity index (χ1) is 11.4. The van der Waals surface area contributed by atoms with Gasteiger partial charge in [-0.3, -0.25) is 0 Å². The van der Waals surface area contributed by atoms with Gasteiger partial charge in [0.1, 0.15) is 0 Å². The molecule has 0 N–H and O–H groups in total. The summed E-state index contributed by atoms with van der Waals surface area (Å²) in [5.74, 6) is 0. The number of rotatable bonds is 7. The summed E-state index contributed by atoms with van der Waals surface area (Å²) in [6, 6.07) is 7.23. The van der Waals surface area contributed by atoms with Gasteiger partial charge in [0.05, 0.1) is 27.2 Å². The summed E-state index contributed by atoms with van der Waals surface area (Å²) in [5.41, 5.74) is 1.52. The molecule has 0 aliphatic heterocycles. The molecule has 6 nitrogen and oxygen atoms in total. The second-order valence-electron chi connectivity index (χ2n) is 5.27. The number of hydrogen-bond donors (Lipinski definition) is 0. The van der Waals surface area contributed by atoms with Crippen LogP contribution in [0, 0.1) is 11.3 Å². The van der Waals surface area contributed by atoms with E-state index >= 15 is 0 Å². The normalized spacial score (nSPS) is 13.3. The number of thioether (sulfide) groups is 1. The number of aromatic nitrogens is 2. The quantitative estimate of drug-likeness (QED) is 0.704. The Kier molecular flexibility index (Phi) is 5.91. The van der Waals surface area contributed by atoms with Crippen molar-refractivity contribution in [2.45, 2.75) is 49.5 Å².